The molecule has 10 heteroatoms. The van der Waals surface area contributed by atoms with E-state index in [2.05, 4.69) is 19.9 Å². The minimum atomic E-state index is -0.938. The lowest BCUT2D eigenvalue weighted by molar-refractivity contribution is 0.210. The zero-order valence-electron chi connectivity index (χ0n) is 17.2. The second-order valence-corrected chi connectivity index (χ2v) is 8.73. The number of halogens is 3. The smallest absolute Gasteiger partial charge is 0.230 e. The molecule has 0 amide bonds. The van der Waals surface area contributed by atoms with Gasteiger partial charge < -0.3 is 10.0 Å². The van der Waals surface area contributed by atoms with Crippen LogP contribution in [0.25, 0.3) is 4.96 Å². The molecule has 1 saturated heterocycles. The number of thiazole rings is 1. The van der Waals surface area contributed by atoms with Crippen LogP contribution in [0.1, 0.15) is 22.3 Å². The molecular weight excluding hydrogens is 439 g/mol. The van der Waals surface area contributed by atoms with E-state index in [-0.39, 0.29) is 11.7 Å². The number of aromatic hydroxyl groups is 1. The lowest BCUT2D eigenvalue weighted by Crippen LogP contribution is -2.47. The van der Waals surface area contributed by atoms with E-state index in [1.54, 1.807) is 19.1 Å². The van der Waals surface area contributed by atoms with E-state index in [9.17, 15) is 18.3 Å². The Morgan fingerprint density at radius 2 is 1.69 bits per heavy atom. The van der Waals surface area contributed by atoms with Gasteiger partial charge in [-0.3, -0.25) is 4.90 Å². The third kappa shape index (κ3) is 3.69. The molecule has 6 nitrogen and oxygen atoms in total. The highest BCUT2D eigenvalue weighted by Crippen LogP contribution is 2.40. The third-order valence-corrected chi connectivity index (χ3v) is 6.76. The molecule has 3 heterocycles. The van der Waals surface area contributed by atoms with Crippen molar-refractivity contribution >= 4 is 22.0 Å². The zero-order chi connectivity index (χ0) is 22.4. The van der Waals surface area contributed by atoms with Crippen molar-refractivity contribution in [3.05, 3.63) is 76.2 Å². The molecule has 2 aromatic carbocycles. The van der Waals surface area contributed by atoms with Gasteiger partial charge in [0.1, 0.15) is 11.6 Å². The first-order valence-electron chi connectivity index (χ1n) is 10.2. The van der Waals surface area contributed by atoms with Crippen LogP contribution in [0.3, 0.4) is 0 Å². The maximum absolute atomic E-state index is 14.1. The van der Waals surface area contributed by atoms with Gasteiger partial charge in [-0.2, -0.15) is 4.52 Å². The summed E-state index contributed by atoms with van der Waals surface area (Å²) in [5.41, 5.74) is 1.46. The second kappa shape index (κ2) is 8.10. The minimum absolute atomic E-state index is 0.0544. The molecule has 0 unspecified atom stereocenters. The number of rotatable bonds is 4. The van der Waals surface area contributed by atoms with Gasteiger partial charge in [0, 0.05) is 31.9 Å². The highest BCUT2D eigenvalue weighted by molar-refractivity contribution is 7.17. The number of hydrogen-bond acceptors (Lipinski definition) is 6. The van der Waals surface area contributed by atoms with Crippen molar-refractivity contribution in [2.45, 2.75) is 13.0 Å². The Bertz CT molecular complexity index is 1260. The minimum Gasteiger partial charge on any atom is -0.492 e. The van der Waals surface area contributed by atoms with Gasteiger partial charge in [0.2, 0.25) is 10.8 Å². The summed E-state index contributed by atoms with van der Waals surface area (Å²) >= 11 is 1.28. The molecule has 0 spiro atoms. The molecule has 1 aliphatic heterocycles. The van der Waals surface area contributed by atoms with Gasteiger partial charge in [-0.05, 0) is 48.9 Å². The number of aromatic nitrogens is 3. The van der Waals surface area contributed by atoms with Crippen molar-refractivity contribution in [2.24, 2.45) is 0 Å². The second-order valence-electron chi connectivity index (χ2n) is 7.72. The van der Waals surface area contributed by atoms with Gasteiger partial charge in [-0.15, -0.1) is 5.10 Å². The van der Waals surface area contributed by atoms with Crippen molar-refractivity contribution in [3.63, 3.8) is 0 Å². The number of benzene rings is 2. The predicted octanol–water partition coefficient (Wildman–Crippen LogP) is 4.13. The summed E-state index contributed by atoms with van der Waals surface area (Å²) in [4.78, 5) is 9.69. The third-order valence-electron chi connectivity index (χ3n) is 5.68. The zero-order valence-corrected chi connectivity index (χ0v) is 18.0. The van der Waals surface area contributed by atoms with E-state index < -0.39 is 17.7 Å². The normalized spacial score (nSPS) is 16.1. The van der Waals surface area contributed by atoms with Crippen LogP contribution < -0.4 is 4.90 Å². The quantitative estimate of drug-likeness (QED) is 0.497. The fraction of sp³-hybridized carbons (Fsp3) is 0.273. The molecule has 2 aromatic heterocycles. The lowest BCUT2D eigenvalue weighted by atomic mass is 10.0. The predicted molar refractivity (Wildman–Crippen MR) is 116 cm³/mol. The van der Waals surface area contributed by atoms with Gasteiger partial charge in [0.05, 0.1) is 10.9 Å². The van der Waals surface area contributed by atoms with E-state index in [1.165, 1.54) is 40.1 Å². The first-order valence-corrected chi connectivity index (χ1v) is 11.0. The molecule has 0 radical (unpaired) electrons. The van der Waals surface area contributed by atoms with Crippen LogP contribution in [0.15, 0.2) is 42.5 Å². The Morgan fingerprint density at radius 3 is 2.34 bits per heavy atom. The first kappa shape index (κ1) is 20.8. The Hall–Kier alpha value is -3.11. The van der Waals surface area contributed by atoms with E-state index in [1.807, 2.05) is 0 Å². The average molecular weight is 459 g/mol. The Balaban J connectivity index is 1.48. The van der Waals surface area contributed by atoms with Crippen LogP contribution in [-0.2, 0) is 0 Å². The number of anilines is 1. The number of piperazine rings is 1. The van der Waals surface area contributed by atoms with Crippen molar-refractivity contribution in [1.29, 1.82) is 0 Å². The topological polar surface area (TPSA) is 56.9 Å². The fourth-order valence-electron chi connectivity index (χ4n) is 4.13. The Labute approximate surface area is 186 Å². The molecule has 1 fully saturated rings. The molecule has 1 atom stereocenters. The van der Waals surface area contributed by atoms with Crippen LogP contribution in [0.4, 0.5) is 18.9 Å². The van der Waals surface area contributed by atoms with Gasteiger partial charge in [0.25, 0.3) is 0 Å². The SMILES string of the molecule is Cc1nc2sc([C@@H](c3ccc(F)c(F)c3)N3CCN(c4ccc(F)cc4)CC3)c(O)n2n1. The summed E-state index contributed by atoms with van der Waals surface area (Å²) in [5.74, 6) is -1.66. The van der Waals surface area contributed by atoms with Crippen molar-refractivity contribution < 1.29 is 18.3 Å². The maximum atomic E-state index is 14.1. The van der Waals surface area contributed by atoms with Crippen LogP contribution in [-0.4, -0.2) is 50.8 Å². The summed E-state index contributed by atoms with van der Waals surface area (Å²) in [6.45, 7) is 4.26. The monoisotopic (exact) mass is 459 g/mol. The molecule has 5 rings (SSSR count). The Morgan fingerprint density at radius 1 is 0.969 bits per heavy atom. The summed E-state index contributed by atoms with van der Waals surface area (Å²) in [6.07, 6.45) is 0. The lowest BCUT2D eigenvalue weighted by Gasteiger charge is -2.40. The van der Waals surface area contributed by atoms with Crippen LogP contribution >= 0.6 is 11.3 Å². The van der Waals surface area contributed by atoms with E-state index in [0.29, 0.717) is 47.4 Å². The molecule has 1 N–H and O–H groups in total. The summed E-state index contributed by atoms with van der Waals surface area (Å²) in [7, 11) is 0. The van der Waals surface area contributed by atoms with Gasteiger partial charge >= 0.3 is 0 Å². The maximum Gasteiger partial charge on any atom is 0.230 e. The molecule has 0 bridgehead atoms. The highest BCUT2D eigenvalue weighted by Gasteiger charge is 2.32. The molecule has 0 saturated carbocycles. The van der Waals surface area contributed by atoms with Crippen LogP contribution in [0, 0.1) is 24.4 Å². The van der Waals surface area contributed by atoms with E-state index in [0.717, 1.165) is 11.8 Å². The Kier molecular flexibility index (Phi) is 5.26. The average Bonchev–Trinajstić information content (AvgIpc) is 3.29. The number of hydrogen-bond donors (Lipinski definition) is 1. The fourth-order valence-corrected chi connectivity index (χ4v) is 5.29. The number of nitrogens with zero attached hydrogens (tertiary/aromatic N) is 5. The molecule has 32 heavy (non-hydrogen) atoms. The molecule has 4 aromatic rings. The summed E-state index contributed by atoms with van der Waals surface area (Å²) in [6, 6.07) is 9.67. The van der Waals surface area contributed by atoms with Gasteiger partial charge in [-0.25, -0.2) is 18.2 Å². The molecule has 0 aliphatic carbocycles. The largest absolute Gasteiger partial charge is 0.492 e. The molecule has 1 aliphatic rings. The van der Waals surface area contributed by atoms with Gasteiger partial charge in [0.15, 0.2) is 11.6 Å². The van der Waals surface area contributed by atoms with Gasteiger partial charge in [-0.1, -0.05) is 17.4 Å². The number of fused-ring (bicyclic) bond motifs is 1. The van der Waals surface area contributed by atoms with Crippen molar-refractivity contribution in [3.8, 4) is 5.88 Å². The van der Waals surface area contributed by atoms with E-state index >= 15 is 0 Å². The standard InChI is InChI=1S/C22H20F3N5OS/c1-13-26-22-30(27-13)21(31)20(32-22)19(14-2-7-17(24)18(25)12-14)29-10-8-28(9-11-29)16-5-3-15(23)4-6-16/h2-7,12,19,31H,8-11H2,1H3/t19-/m1/s1. The summed E-state index contributed by atoms with van der Waals surface area (Å²) < 4.78 is 42.4. The van der Waals surface area contributed by atoms with Crippen LogP contribution in [0.2, 0.25) is 0 Å². The molecular formula is C22H20F3N5OS. The highest BCUT2D eigenvalue weighted by atomic mass is 32.1. The van der Waals surface area contributed by atoms with Crippen molar-refractivity contribution in [1.82, 2.24) is 19.5 Å². The first-order chi connectivity index (χ1) is 15.4. The molecule has 166 valence electrons. The number of aryl methyl sites for hydroxylation is 1. The summed E-state index contributed by atoms with van der Waals surface area (Å²) in [5, 5.41) is 15.1. The van der Waals surface area contributed by atoms with E-state index in [4.69, 9.17) is 0 Å². The van der Waals surface area contributed by atoms with Crippen molar-refractivity contribution in [2.75, 3.05) is 31.1 Å². The van der Waals surface area contributed by atoms with Crippen LogP contribution in [0.5, 0.6) is 5.88 Å².